The lowest BCUT2D eigenvalue weighted by atomic mass is 9.70. The maximum atomic E-state index is 11.3. The molecule has 2 rings (SSSR count). The molecule has 0 amide bonds. The van der Waals surface area contributed by atoms with Gasteiger partial charge in [-0.1, -0.05) is 39.5 Å². The Balaban J connectivity index is 1.67. The van der Waals surface area contributed by atoms with Crippen molar-refractivity contribution in [3.8, 4) is 0 Å². The zero-order chi connectivity index (χ0) is 13.0. The fourth-order valence-corrected chi connectivity index (χ4v) is 3.34. The molecule has 0 bridgehead atoms. The smallest absolute Gasteiger partial charge is 0.310 e. The molecule has 3 heteroatoms. The van der Waals surface area contributed by atoms with Gasteiger partial charge in [-0.25, -0.2) is 0 Å². The molecule has 0 aromatic carbocycles. The number of esters is 1. The van der Waals surface area contributed by atoms with E-state index in [1.165, 1.54) is 38.5 Å². The minimum atomic E-state index is -0.165. The van der Waals surface area contributed by atoms with Crippen molar-refractivity contribution in [2.24, 2.45) is 17.8 Å². The SMILES string of the molecule is CC(C)C(=O)OCOC1CCC2CCCCC2C1. The number of hydrogen-bond donors (Lipinski definition) is 0. The van der Waals surface area contributed by atoms with Crippen LogP contribution in [0.25, 0.3) is 0 Å². The lowest BCUT2D eigenvalue weighted by Crippen LogP contribution is -2.32. The Bertz CT molecular complexity index is 275. The van der Waals surface area contributed by atoms with E-state index in [1.807, 2.05) is 13.8 Å². The van der Waals surface area contributed by atoms with Gasteiger partial charge in [0.1, 0.15) is 0 Å². The summed E-state index contributed by atoms with van der Waals surface area (Å²) in [7, 11) is 0. The molecule has 2 fully saturated rings. The second kappa shape index (κ2) is 6.55. The summed E-state index contributed by atoms with van der Waals surface area (Å²) in [6.07, 6.45) is 9.51. The van der Waals surface area contributed by atoms with Crippen molar-refractivity contribution in [2.75, 3.05) is 6.79 Å². The van der Waals surface area contributed by atoms with Crippen molar-refractivity contribution in [1.82, 2.24) is 0 Å². The largest absolute Gasteiger partial charge is 0.438 e. The Morgan fingerprint density at radius 3 is 2.56 bits per heavy atom. The Hall–Kier alpha value is -0.570. The second-order valence-electron chi connectivity index (χ2n) is 6.14. The third-order valence-corrected chi connectivity index (χ3v) is 4.47. The summed E-state index contributed by atoms with van der Waals surface area (Å²) in [6, 6.07) is 0. The van der Waals surface area contributed by atoms with Gasteiger partial charge in [0.2, 0.25) is 0 Å². The first-order valence-corrected chi connectivity index (χ1v) is 7.45. The molecule has 2 saturated carbocycles. The van der Waals surface area contributed by atoms with Gasteiger partial charge in [0.15, 0.2) is 6.79 Å². The summed E-state index contributed by atoms with van der Waals surface area (Å²) in [5.41, 5.74) is 0. The van der Waals surface area contributed by atoms with E-state index < -0.39 is 0 Å². The van der Waals surface area contributed by atoms with Crippen LogP contribution in [0, 0.1) is 17.8 Å². The van der Waals surface area contributed by atoms with E-state index in [0.29, 0.717) is 6.10 Å². The number of hydrogen-bond acceptors (Lipinski definition) is 3. The zero-order valence-corrected chi connectivity index (χ0v) is 11.7. The molecule has 3 unspecified atom stereocenters. The van der Waals surface area contributed by atoms with Gasteiger partial charge in [0, 0.05) is 0 Å². The molecule has 0 radical (unpaired) electrons. The average Bonchev–Trinajstić information content (AvgIpc) is 2.38. The monoisotopic (exact) mass is 254 g/mol. The first-order chi connectivity index (χ1) is 8.66. The van der Waals surface area contributed by atoms with Gasteiger partial charge in [-0.2, -0.15) is 0 Å². The molecule has 2 aliphatic carbocycles. The van der Waals surface area contributed by atoms with Gasteiger partial charge in [-0.3, -0.25) is 4.79 Å². The predicted molar refractivity (Wildman–Crippen MR) is 70.0 cm³/mol. The van der Waals surface area contributed by atoms with Crippen LogP contribution in [0.2, 0.25) is 0 Å². The van der Waals surface area contributed by atoms with Crippen LogP contribution in [0.1, 0.15) is 58.8 Å². The third-order valence-electron chi connectivity index (χ3n) is 4.47. The maximum absolute atomic E-state index is 11.3. The van der Waals surface area contributed by atoms with Crippen molar-refractivity contribution in [3.05, 3.63) is 0 Å². The van der Waals surface area contributed by atoms with E-state index in [-0.39, 0.29) is 18.7 Å². The molecule has 0 saturated heterocycles. The van der Waals surface area contributed by atoms with Gasteiger partial charge >= 0.3 is 5.97 Å². The normalized spacial score (nSPS) is 32.1. The van der Waals surface area contributed by atoms with Gasteiger partial charge in [-0.15, -0.1) is 0 Å². The Morgan fingerprint density at radius 1 is 1.11 bits per heavy atom. The van der Waals surface area contributed by atoms with Crippen molar-refractivity contribution >= 4 is 5.97 Å². The molecule has 0 N–H and O–H groups in total. The Morgan fingerprint density at radius 2 is 1.83 bits per heavy atom. The van der Waals surface area contributed by atoms with Gasteiger partial charge in [0.25, 0.3) is 0 Å². The van der Waals surface area contributed by atoms with Crippen LogP contribution >= 0.6 is 0 Å². The molecule has 0 aromatic rings. The van der Waals surface area contributed by atoms with Gasteiger partial charge in [0.05, 0.1) is 12.0 Å². The molecule has 0 aliphatic heterocycles. The highest BCUT2D eigenvalue weighted by molar-refractivity contribution is 5.71. The first-order valence-electron chi connectivity index (χ1n) is 7.45. The first kappa shape index (κ1) is 13.9. The van der Waals surface area contributed by atoms with Crippen molar-refractivity contribution < 1.29 is 14.3 Å². The molecule has 18 heavy (non-hydrogen) atoms. The molecule has 2 aliphatic rings. The lowest BCUT2D eigenvalue weighted by molar-refractivity contribution is -0.167. The van der Waals surface area contributed by atoms with E-state index in [4.69, 9.17) is 9.47 Å². The summed E-state index contributed by atoms with van der Waals surface area (Å²) in [5, 5.41) is 0. The standard InChI is InChI=1S/C15H26O3/c1-11(2)15(16)18-10-17-14-8-7-12-5-3-4-6-13(12)9-14/h11-14H,3-10H2,1-2H3. The second-order valence-corrected chi connectivity index (χ2v) is 6.14. The summed E-state index contributed by atoms with van der Waals surface area (Å²) in [6.45, 7) is 3.82. The van der Waals surface area contributed by atoms with Gasteiger partial charge < -0.3 is 9.47 Å². The molecule has 3 nitrogen and oxygen atoms in total. The molecule has 0 heterocycles. The summed E-state index contributed by atoms with van der Waals surface area (Å²) >= 11 is 0. The van der Waals surface area contributed by atoms with E-state index in [1.54, 1.807) is 0 Å². The molecule has 0 spiro atoms. The molecule has 0 aromatic heterocycles. The molecule has 3 atom stereocenters. The van der Waals surface area contributed by atoms with E-state index in [2.05, 4.69) is 0 Å². The Kier molecular flexibility index (Phi) is 5.04. The maximum Gasteiger partial charge on any atom is 0.310 e. The van der Waals surface area contributed by atoms with E-state index >= 15 is 0 Å². The van der Waals surface area contributed by atoms with Crippen LogP contribution in [0.5, 0.6) is 0 Å². The summed E-state index contributed by atoms with van der Waals surface area (Å²) < 4.78 is 10.8. The van der Waals surface area contributed by atoms with Crippen LogP contribution in [0.15, 0.2) is 0 Å². The predicted octanol–water partition coefficient (Wildman–Crippen LogP) is 3.52. The Labute approximate surface area is 110 Å². The van der Waals surface area contributed by atoms with Crippen LogP contribution in [0.3, 0.4) is 0 Å². The highest BCUT2D eigenvalue weighted by atomic mass is 16.7. The number of ether oxygens (including phenoxy) is 2. The van der Waals surface area contributed by atoms with Crippen molar-refractivity contribution in [3.63, 3.8) is 0 Å². The number of fused-ring (bicyclic) bond motifs is 1. The summed E-state index contributed by atoms with van der Waals surface area (Å²) in [4.78, 5) is 11.3. The van der Waals surface area contributed by atoms with Crippen LogP contribution in [-0.4, -0.2) is 18.9 Å². The summed E-state index contributed by atoms with van der Waals surface area (Å²) in [5.74, 6) is 1.57. The highest BCUT2D eigenvalue weighted by Gasteiger charge is 2.32. The van der Waals surface area contributed by atoms with Crippen LogP contribution in [-0.2, 0) is 14.3 Å². The van der Waals surface area contributed by atoms with E-state index in [9.17, 15) is 4.79 Å². The minimum absolute atomic E-state index is 0.0670. The molecular weight excluding hydrogens is 228 g/mol. The number of carbonyl (C=O) groups is 1. The zero-order valence-electron chi connectivity index (χ0n) is 11.7. The van der Waals surface area contributed by atoms with Gasteiger partial charge in [-0.05, 0) is 31.1 Å². The minimum Gasteiger partial charge on any atom is -0.438 e. The number of carbonyl (C=O) groups excluding carboxylic acids is 1. The highest BCUT2D eigenvalue weighted by Crippen LogP contribution is 2.41. The topological polar surface area (TPSA) is 35.5 Å². The fourth-order valence-electron chi connectivity index (χ4n) is 3.34. The third kappa shape index (κ3) is 3.71. The lowest BCUT2D eigenvalue weighted by Gasteiger charge is -2.39. The number of rotatable bonds is 4. The van der Waals surface area contributed by atoms with Crippen LogP contribution in [0.4, 0.5) is 0 Å². The fraction of sp³-hybridized carbons (Fsp3) is 0.933. The molecule has 104 valence electrons. The van der Waals surface area contributed by atoms with Crippen molar-refractivity contribution in [1.29, 1.82) is 0 Å². The van der Waals surface area contributed by atoms with E-state index in [0.717, 1.165) is 18.3 Å². The molecular formula is C15H26O3. The van der Waals surface area contributed by atoms with Crippen molar-refractivity contribution in [2.45, 2.75) is 64.9 Å². The van der Waals surface area contributed by atoms with Crippen LogP contribution < -0.4 is 0 Å². The average molecular weight is 254 g/mol. The quantitative estimate of drug-likeness (QED) is 0.569.